The minimum absolute atomic E-state index is 0.158. The van der Waals surface area contributed by atoms with Gasteiger partial charge in [-0.15, -0.1) is 0 Å². The Balaban J connectivity index is 1.59. The largest absolute Gasteiger partial charge is 0.416 e. The third-order valence-electron chi connectivity index (χ3n) is 5.80. The van der Waals surface area contributed by atoms with E-state index in [1.54, 1.807) is 60.7 Å². The summed E-state index contributed by atoms with van der Waals surface area (Å²) >= 11 is 0. The SMILES string of the molecule is O=C(Nc1ccc(F)cc1)N[C@H](c1ccccc1)[C@@H](NC(=O)Nc1ccc(C(F)(F)F)cc1)c1ccccc1. The van der Waals surface area contributed by atoms with Crippen molar-refractivity contribution < 1.29 is 27.2 Å². The van der Waals surface area contributed by atoms with E-state index in [9.17, 15) is 27.2 Å². The number of benzene rings is 4. The van der Waals surface area contributed by atoms with Crippen LogP contribution in [0.1, 0.15) is 28.8 Å². The van der Waals surface area contributed by atoms with Gasteiger partial charge in [0.1, 0.15) is 5.82 Å². The van der Waals surface area contributed by atoms with Gasteiger partial charge in [0.25, 0.3) is 0 Å². The van der Waals surface area contributed by atoms with E-state index in [0.717, 1.165) is 24.3 Å². The van der Waals surface area contributed by atoms with Gasteiger partial charge in [0.05, 0.1) is 17.6 Å². The fourth-order valence-electron chi connectivity index (χ4n) is 3.93. The smallest absolute Gasteiger partial charge is 0.329 e. The van der Waals surface area contributed by atoms with Gasteiger partial charge in [0.15, 0.2) is 0 Å². The average Bonchev–Trinajstić information content (AvgIpc) is 2.93. The van der Waals surface area contributed by atoms with Crippen molar-refractivity contribution in [2.45, 2.75) is 18.3 Å². The summed E-state index contributed by atoms with van der Waals surface area (Å²) in [4.78, 5) is 26.0. The van der Waals surface area contributed by atoms with Crippen molar-refractivity contribution in [2.75, 3.05) is 10.6 Å². The normalized spacial score (nSPS) is 12.6. The fourth-order valence-corrected chi connectivity index (χ4v) is 3.93. The molecule has 0 aliphatic heterocycles. The van der Waals surface area contributed by atoms with Crippen molar-refractivity contribution in [3.63, 3.8) is 0 Å². The van der Waals surface area contributed by atoms with Crippen LogP contribution < -0.4 is 21.3 Å². The van der Waals surface area contributed by atoms with Crippen molar-refractivity contribution >= 4 is 23.4 Å². The zero-order valence-corrected chi connectivity index (χ0v) is 20.4. The topological polar surface area (TPSA) is 82.3 Å². The number of amides is 4. The number of carbonyl (C=O) groups excluding carboxylic acids is 2. The van der Waals surface area contributed by atoms with Crippen LogP contribution in [0.3, 0.4) is 0 Å². The number of anilines is 2. The first-order valence-corrected chi connectivity index (χ1v) is 11.9. The maximum Gasteiger partial charge on any atom is 0.416 e. The van der Waals surface area contributed by atoms with E-state index in [1.807, 2.05) is 0 Å². The number of alkyl halides is 3. The Bertz CT molecular complexity index is 1380. The quantitative estimate of drug-likeness (QED) is 0.187. The molecule has 0 saturated carbocycles. The molecule has 2 atom stereocenters. The highest BCUT2D eigenvalue weighted by atomic mass is 19.4. The first-order chi connectivity index (χ1) is 18.7. The second-order valence-corrected chi connectivity index (χ2v) is 8.56. The van der Waals surface area contributed by atoms with Gasteiger partial charge in [-0.3, -0.25) is 0 Å². The zero-order valence-electron chi connectivity index (χ0n) is 20.4. The van der Waals surface area contributed by atoms with Gasteiger partial charge < -0.3 is 21.3 Å². The molecular weight excluding hydrogens is 512 g/mol. The summed E-state index contributed by atoms with van der Waals surface area (Å²) in [7, 11) is 0. The Morgan fingerprint density at radius 1 is 0.564 bits per heavy atom. The monoisotopic (exact) mass is 536 g/mol. The van der Waals surface area contributed by atoms with Crippen LogP contribution in [0.4, 0.5) is 38.5 Å². The summed E-state index contributed by atoms with van der Waals surface area (Å²) in [5, 5.41) is 10.9. The molecule has 39 heavy (non-hydrogen) atoms. The molecule has 0 unspecified atom stereocenters. The maximum atomic E-state index is 13.3. The standard InChI is InChI=1S/C29H24F4N4O2/c30-22-13-17-24(18-14-22)35-28(39)37-26(20-9-5-2-6-10-20)25(19-7-3-1-4-8-19)36-27(38)34-23-15-11-21(12-16-23)29(31,32)33/h1-18,25-26H,(H2,34,36,38)(H2,35,37,39)/t25-,26+/m0/s1. The minimum Gasteiger partial charge on any atom is -0.329 e. The lowest BCUT2D eigenvalue weighted by molar-refractivity contribution is -0.137. The Kier molecular flexibility index (Phi) is 8.45. The van der Waals surface area contributed by atoms with E-state index >= 15 is 0 Å². The Labute approximate surface area is 222 Å². The number of carbonyl (C=O) groups is 2. The van der Waals surface area contributed by atoms with Crippen LogP contribution in [-0.2, 0) is 6.18 Å². The lowest BCUT2D eigenvalue weighted by atomic mass is 9.93. The predicted molar refractivity (Wildman–Crippen MR) is 141 cm³/mol. The van der Waals surface area contributed by atoms with Crippen molar-refractivity contribution in [2.24, 2.45) is 0 Å². The minimum atomic E-state index is -4.50. The van der Waals surface area contributed by atoms with Crippen LogP contribution in [0, 0.1) is 5.82 Å². The summed E-state index contributed by atoms with van der Waals surface area (Å²) in [6.07, 6.45) is -4.50. The van der Waals surface area contributed by atoms with E-state index in [-0.39, 0.29) is 5.69 Å². The molecule has 0 saturated heterocycles. The van der Waals surface area contributed by atoms with Crippen LogP contribution in [0.2, 0.25) is 0 Å². The van der Waals surface area contributed by atoms with E-state index < -0.39 is 41.7 Å². The number of urea groups is 2. The van der Waals surface area contributed by atoms with E-state index in [0.29, 0.717) is 16.8 Å². The van der Waals surface area contributed by atoms with Gasteiger partial charge in [-0.1, -0.05) is 60.7 Å². The summed E-state index contributed by atoms with van der Waals surface area (Å²) in [5.41, 5.74) is 1.03. The molecule has 0 aromatic heterocycles. The van der Waals surface area contributed by atoms with Crippen LogP contribution in [0.5, 0.6) is 0 Å². The third kappa shape index (κ3) is 7.57. The zero-order chi connectivity index (χ0) is 27.8. The van der Waals surface area contributed by atoms with Crippen molar-refractivity contribution in [3.05, 3.63) is 132 Å². The molecule has 0 heterocycles. The second kappa shape index (κ2) is 12.1. The molecular formula is C29H24F4N4O2. The summed E-state index contributed by atoms with van der Waals surface area (Å²) < 4.78 is 52.0. The molecule has 10 heteroatoms. The predicted octanol–water partition coefficient (Wildman–Crippen LogP) is 7.27. The van der Waals surface area contributed by atoms with Crippen LogP contribution in [0.25, 0.3) is 0 Å². The van der Waals surface area contributed by atoms with Crippen molar-refractivity contribution in [3.8, 4) is 0 Å². The van der Waals surface area contributed by atoms with Crippen molar-refractivity contribution in [1.29, 1.82) is 0 Å². The molecule has 4 aromatic rings. The molecule has 0 aliphatic rings. The summed E-state index contributed by atoms with van der Waals surface area (Å²) in [5.74, 6) is -0.449. The highest BCUT2D eigenvalue weighted by molar-refractivity contribution is 5.91. The molecule has 6 nitrogen and oxygen atoms in total. The lowest BCUT2D eigenvalue weighted by Gasteiger charge is -2.30. The fraction of sp³-hybridized carbons (Fsp3) is 0.103. The van der Waals surface area contributed by atoms with E-state index in [1.165, 1.54) is 24.3 Å². The molecule has 4 amide bonds. The highest BCUT2D eigenvalue weighted by Gasteiger charge is 2.31. The third-order valence-corrected chi connectivity index (χ3v) is 5.80. The van der Waals surface area contributed by atoms with Gasteiger partial charge in [0.2, 0.25) is 0 Å². The molecule has 4 rings (SSSR count). The average molecular weight is 537 g/mol. The molecule has 4 aromatic carbocycles. The molecule has 0 bridgehead atoms. The molecule has 4 N–H and O–H groups in total. The van der Waals surface area contributed by atoms with E-state index in [4.69, 9.17) is 0 Å². The molecule has 0 spiro atoms. The molecule has 0 fully saturated rings. The maximum absolute atomic E-state index is 13.3. The van der Waals surface area contributed by atoms with Gasteiger partial charge in [-0.25, -0.2) is 14.0 Å². The Hall–Kier alpha value is -4.86. The molecule has 0 aliphatic carbocycles. The first kappa shape index (κ1) is 27.2. The Morgan fingerprint density at radius 3 is 1.33 bits per heavy atom. The lowest BCUT2D eigenvalue weighted by Crippen LogP contribution is -2.43. The first-order valence-electron chi connectivity index (χ1n) is 11.9. The van der Waals surface area contributed by atoms with Crippen molar-refractivity contribution in [1.82, 2.24) is 10.6 Å². The van der Waals surface area contributed by atoms with Crippen LogP contribution >= 0.6 is 0 Å². The summed E-state index contributed by atoms with van der Waals surface area (Å²) in [6, 6.07) is 24.3. The van der Waals surface area contributed by atoms with E-state index in [2.05, 4.69) is 21.3 Å². The highest BCUT2D eigenvalue weighted by Crippen LogP contribution is 2.31. The number of hydrogen-bond donors (Lipinski definition) is 4. The number of halogens is 4. The summed E-state index contributed by atoms with van der Waals surface area (Å²) in [6.45, 7) is 0. The van der Waals surface area contributed by atoms with Gasteiger partial charge in [0, 0.05) is 11.4 Å². The number of nitrogens with one attached hydrogen (secondary N) is 4. The number of hydrogen-bond acceptors (Lipinski definition) is 2. The van der Waals surface area contributed by atoms with Gasteiger partial charge in [-0.05, 0) is 59.7 Å². The van der Waals surface area contributed by atoms with Crippen LogP contribution in [0.15, 0.2) is 109 Å². The van der Waals surface area contributed by atoms with Crippen LogP contribution in [-0.4, -0.2) is 12.1 Å². The molecule has 0 radical (unpaired) electrons. The molecule has 200 valence electrons. The Morgan fingerprint density at radius 2 is 0.949 bits per heavy atom. The van der Waals surface area contributed by atoms with Gasteiger partial charge in [-0.2, -0.15) is 13.2 Å². The second-order valence-electron chi connectivity index (χ2n) is 8.56. The number of rotatable bonds is 7. The van der Waals surface area contributed by atoms with Gasteiger partial charge >= 0.3 is 18.2 Å².